The second-order valence-corrected chi connectivity index (χ2v) is 5.06. The van der Waals surface area contributed by atoms with Gasteiger partial charge in [-0.25, -0.2) is 0 Å². The van der Waals surface area contributed by atoms with E-state index in [4.69, 9.17) is 9.42 Å². The second kappa shape index (κ2) is 5.26. The van der Waals surface area contributed by atoms with E-state index >= 15 is 0 Å². The molecule has 1 rings (SSSR count). The normalized spacial score (nSPS) is 27.9. The summed E-state index contributed by atoms with van der Waals surface area (Å²) < 4.78 is 5.45. The highest BCUT2D eigenvalue weighted by Crippen LogP contribution is 2.31. The van der Waals surface area contributed by atoms with Crippen molar-refractivity contribution in [2.75, 3.05) is 19.8 Å². The molecule has 13 heavy (non-hydrogen) atoms. The summed E-state index contributed by atoms with van der Waals surface area (Å²) in [5.74, 6) is 0. The highest BCUT2D eigenvalue weighted by molar-refractivity contribution is 7.45. The molecule has 0 radical (unpaired) electrons. The first kappa shape index (κ1) is 11.4. The quantitative estimate of drug-likeness (QED) is 0.713. The molecular formula is C9H20NO2P. The Bertz CT molecular complexity index is 153. The van der Waals surface area contributed by atoms with Gasteiger partial charge in [-0.15, -0.1) is 0 Å². The molecule has 3 nitrogen and oxygen atoms in total. The van der Waals surface area contributed by atoms with Gasteiger partial charge >= 0.3 is 0 Å². The molecule has 2 unspecified atom stereocenters. The van der Waals surface area contributed by atoms with Crippen LogP contribution in [0.5, 0.6) is 0 Å². The summed E-state index contributed by atoms with van der Waals surface area (Å²) >= 11 is 0. The molecule has 2 atom stereocenters. The van der Waals surface area contributed by atoms with E-state index in [9.17, 15) is 0 Å². The van der Waals surface area contributed by atoms with Crippen LogP contribution in [-0.2, 0) is 4.52 Å². The van der Waals surface area contributed by atoms with Crippen molar-refractivity contribution in [1.82, 2.24) is 4.90 Å². The van der Waals surface area contributed by atoms with E-state index in [2.05, 4.69) is 18.7 Å². The summed E-state index contributed by atoms with van der Waals surface area (Å²) in [5, 5.41) is 0. The average molecular weight is 205 g/mol. The van der Waals surface area contributed by atoms with Crippen LogP contribution in [0.4, 0.5) is 0 Å². The molecule has 0 saturated carbocycles. The van der Waals surface area contributed by atoms with E-state index < -0.39 is 8.38 Å². The Labute approximate surface area is 82.0 Å². The van der Waals surface area contributed by atoms with Gasteiger partial charge in [0.1, 0.15) is 0 Å². The molecule has 0 aromatic rings. The number of nitrogens with zero attached hydrogens (tertiary/aromatic N) is 1. The van der Waals surface area contributed by atoms with Crippen molar-refractivity contribution in [1.29, 1.82) is 0 Å². The van der Waals surface area contributed by atoms with Crippen LogP contribution >= 0.6 is 8.38 Å². The third kappa shape index (κ3) is 3.90. The Morgan fingerprint density at radius 2 is 2.23 bits per heavy atom. The minimum absolute atomic E-state index is 0.247. The van der Waals surface area contributed by atoms with Gasteiger partial charge in [0.15, 0.2) is 8.38 Å². The molecule has 4 heteroatoms. The van der Waals surface area contributed by atoms with E-state index in [1.165, 1.54) is 13.0 Å². The van der Waals surface area contributed by atoms with Crippen molar-refractivity contribution in [2.24, 2.45) is 0 Å². The maximum Gasteiger partial charge on any atom is 0.164 e. The lowest BCUT2D eigenvalue weighted by atomic mass is 10.1. The molecule has 1 aliphatic heterocycles. The molecular weight excluding hydrogens is 185 g/mol. The van der Waals surface area contributed by atoms with Crippen LogP contribution in [0.15, 0.2) is 0 Å². The van der Waals surface area contributed by atoms with Gasteiger partial charge in [0, 0.05) is 19.3 Å². The molecule has 0 aromatic carbocycles. The standard InChI is InChI=1S/C9H20NO2P/c1-8(2)10-6-4-5-9(7-10)12-13(3)11/h8-9,11H,4-7H2,1-3H3. The highest BCUT2D eigenvalue weighted by atomic mass is 31.2. The van der Waals surface area contributed by atoms with Crippen LogP contribution in [0.2, 0.25) is 0 Å². The summed E-state index contributed by atoms with van der Waals surface area (Å²) in [4.78, 5) is 11.6. The molecule has 1 aliphatic rings. The fourth-order valence-electron chi connectivity index (χ4n) is 1.74. The summed E-state index contributed by atoms with van der Waals surface area (Å²) in [7, 11) is -1.19. The van der Waals surface area contributed by atoms with Gasteiger partial charge in [-0.05, 0) is 33.2 Å². The third-order valence-corrected chi connectivity index (χ3v) is 3.04. The molecule has 0 bridgehead atoms. The van der Waals surface area contributed by atoms with E-state index in [1.807, 2.05) is 0 Å². The van der Waals surface area contributed by atoms with Gasteiger partial charge in [-0.2, -0.15) is 0 Å². The van der Waals surface area contributed by atoms with Crippen LogP contribution in [0.3, 0.4) is 0 Å². The number of rotatable bonds is 3. The smallest absolute Gasteiger partial charge is 0.164 e. The molecule has 1 fully saturated rings. The van der Waals surface area contributed by atoms with Crippen LogP contribution in [0.25, 0.3) is 0 Å². The molecule has 0 aromatic heterocycles. The Morgan fingerprint density at radius 3 is 2.77 bits per heavy atom. The molecule has 0 spiro atoms. The zero-order valence-corrected chi connectivity index (χ0v) is 9.63. The first-order valence-corrected chi connectivity index (χ1v) is 6.59. The zero-order chi connectivity index (χ0) is 9.84. The Hall–Kier alpha value is 0.310. The number of hydrogen-bond donors (Lipinski definition) is 1. The van der Waals surface area contributed by atoms with E-state index in [0.717, 1.165) is 13.0 Å². The van der Waals surface area contributed by atoms with Crippen LogP contribution < -0.4 is 0 Å². The molecule has 0 amide bonds. The van der Waals surface area contributed by atoms with Crippen molar-refractivity contribution in [2.45, 2.75) is 38.8 Å². The minimum atomic E-state index is -1.19. The average Bonchev–Trinajstić information content (AvgIpc) is 2.03. The molecule has 78 valence electrons. The second-order valence-electron chi connectivity index (χ2n) is 3.92. The first-order chi connectivity index (χ1) is 6.09. The van der Waals surface area contributed by atoms with Gasteiger partial charge in [0.2, 0.25) is 0 Å². The largest absolute Gasteiger partial charge is 0.350 e. The number of likely N-dealkylation sites (tertiary alicyclic amines) is 1. The van der Waals surface area contributed by atoms with E-state index in [0.29, 0.717) is 6.04 Å². The lowest BCUT2D eigenvalue weighted by Crippen LogP contribution is -2.42. The van der Waals surface area contributed by atoms with Crippen molar-refractivity contribution in [3.05, 3.63) is 0 Å². The van der Waals surface area contributed by atoms with E-state index in [1.54, 1.807) is 6.66 Å². The summed E-state index contributed by atoms with van der Waals surface area (Å²) in [6.07, 6.45) is 2.53. The van der Waals surface area contributed by atoms with Crippen molar-refractivity contribution >= 4 is 8.38 Å². The maximum atomic E-state index is 9.15. The minimum Gasteiger partial charge on any atom is -0.350 e. The zero-order valence-electron chi connectivity index (χ0n) is 8.73. The van der Waals surface area contributed by atoms with E-state index in [-0.39, 0.29) is 6.10 Å². The van der Waals surface area contributed by atoms with Crippen molar-refractivity contribution in [3.63, 3.8) is 0 Å². The molecule has 1 N–H and O–H groups in total. The third-order valence-electron chi connectivity index (χ3n) is 2.44. The van der Waals surface area contributed by atoms with Gasteiger partial charge in [-0.3, -0.25) is 4.90 Å². The fourth-order valence-corrected chi connectivity index (χ4v) is 2.34. The number of hydrogen-bond acceptors (Lipinski definition) is 3. The predicted molar refractivity (Wildman–Crippen MR) is 55.9 cm³/mol. The first-order valence-electron chi connectivity index (χ1n) is 4.93. The van der Waals surface area contributed by atoms with Crippen molar-refractivity contribution < 1.29 is 9.42 Å². The Balaban J connectivity index is 2.33. The predicted octanol–water partition coefficient (Wildman–Crippen LogP) is 1.81. The highest BCUT2D eigenvalue weighted by Gasteiger charge is 2.23. The monoisotopic (exact) mass is 205 g/mol. The van der Waals surface area contributed by atoms with Crippen LogP contribution in [-0.4, -0.2) is 41.7 Å². The summed E-state index contributed by atoms with van der Waals surface area (Å²) in [6, 6.07) is 0.591. The SMILES string of the molecule is CC(C)N1CCCC(OP(C)O)C1. The van der Waals surface area contributed by atoms with Crippen LogP contribution in [0, 0.1) is 0 Å². The van der Waals surface area contributed by atoms with Crippen molar-refractivity contribution in [3.8, 4) is 0 Å². The molecule has 1 saturated heterocycles. The van der Waals surface area contributed by atoms with Gasteiger partial charge in [0.25, 0.3) is 0 Å². The lowest BCUT2D eigenvalue weighted by molar-refractivity contribution is 0.0725. The van der Waals surface area contributed by atoms with Gasteiger partial charge in [-0.1, -0.05) is 0 Å². The topological polar surface area (TPSA) is 32.7 Å². The van der Waals surface area contributed by atoms with Crippen LogP contribution in [0.1, 0.15) is 26.7 Å². The molecule has 1 heterocycles. The van der Waals surface area contributed by atoms with Gasteiger partial charge in [0.05, 0.1) is 6.10 Å². The summed E-state index contributed by atoms with van der Waals surface area (Å²) in [5.41, 5.74) is 0. The fraction of sp³-hybridized carbons (Fsp3) is 1.00. The number of piperidine rings is 1. The Morgan fingerprint density at radius 1 is 1.54 bits per heavy atom. The summed E-state index contributed by atoms with van der Waals surface area (Å²) in [6.45, 7) is 8.30. The molecule has 0 aliphatic carbocycles. The van der Waals surface area contributed by atoms with Gasteiger partial charge < -0.3 is 9.42 Å². The lowest BCUT2D eigenvalue weighted by Gasteiger charge is -2.35. The Kier molecular flexibility index (Phi) is 4.60. The maximum absolute atomic E-state index is 9.15.